The molecular weight excluding hydrogens is 192 g/mol. The van der Waals surface area contributed by atoms with Crippen LogP contribution in [0.25, 0.3) is 0 Å². The van der Waals surface area contributed by atoms with E-state index in [9.17, 15) is 4.79 Å². The van der Waals surface area contributed by atoms with Gasteiger partial charge in [0.1, 0.15) is 6.10 Å². The molecule has 1 unspecified atom stereocenters. The number of carbonyl (C=O) groups excluding carboxylic acids is 1. The Morgan fingerprint density at radius 3 is 2.40 bits per heavy atom. The minimum atomic E-state index is -0.391. The molecule has 0 aliphatic carbocycles. The minimum Gasteiger partial charge on any atom is -0.369 e. The van der Waals surface area contributed by atoms with Crippen LogP contribution < -0.4 is 11.1 Å². The monoisotopic (exact) mass is 216 g/mol. The second-order valence-electron chi connectivity index (χ2n) is 4.34. The predicted octanol–water partition coefficient (Wildman–Crippen LogP) is 0.901. The van der Waals surface area contributed by atoms with E-state index in [1.165, 1.54) is 0 Å². The van der Waals surface area contributed by atoms with E-state index in [4.69, 9.17) is 10.5 Å². The summed E-state index contributed by atoms with van der Waals surface area (Å²) in [6.07, 6.45) is 0.585. The molecule has 0 aromatic rings. The van der Waals surface area contributed by atoms with Crippen LogP contribution in [0, 0.1) is 5.92 Å². The van der Waals surface area contributed by atoms with Crippen LogP contribution in [0.5, 0.6) is 0 Å². The fourth-order valence-corrected chi connectivity index (χ4v) is 0.975. The fourth-order valence-electron chi connectivity index (χ4n) is 0.975. The number of nitrogens with one attached hydrogen (secondary N) is 1. The molecule has 0 saturated carbocycles. The Kier molecular flexibility index (Phi) is 7.34. The van der Waals surface area contributed by atoms with E-state index < -0.39 is 6.10 Å². The number of hydrogen-bond donors (Lipinski definition) is 2. The average molecular weight is 216 g/mol. The number of nitrogens with two attached hydrogens (primary N) is 1. The van der Waals surface area contributed by atoms with Gasteiger partial charge in [0.25, 0.3) is 0 Å². The summed E-state index contributed by atoms with van der Waals surface area (Å²) in [5.41, 5.74) is 5.40. The highest BCUT2D eigenvalue weighted by Crippen LogP contribution is 2.01. The van der Waals surface area contributed by atoms with Gasteiger partial charge in [-0.05, 0) is 26.2 Å². The molecule has 0 aliphatic heterocycles. The summed E-state index contributed by atoms with van der Waals surface area (Å²) < 4.78 is 5.41. The first-order valence-corrected chi connectivity index (χ1v) is 5.59. The largest absolute Gasteiger partial charge is 0.369 e. The molecule has 0 saturated heterocycles. The van der Waals surface area contributed by atoms with Crippen molar-refractivity contribution in [3.63, 3.8) is 0 Å². The van der Waals surface area contributed by atoms with Gasteiger partial charge in [-0.1, -0.05) is 13.8 Å². The Bertz CT molecular complexity index is 183. The lowest BCUT2D eigenvalue weighted by atomic mass is 10.1. The Hall–Kier alpha value is -0.610. The SMILES string of the molecule is CC(C)CCOC(C)C(=O)N[C@@H](C)CN. The zero-order valence-electron chi connectivity index (χ0n) is 10.2. The van der Waals surface area contributed by atoms with E-state index in [1.807, 2.05) is 6.92 Å². The van der Waals surface area contributed by atoms with Crippen molar-refractivity contribution in [1.29, 1.82) is 0 Å². The number of rotatable bonds is 7. The molecule has 0 bridgehead atoms. The maximum absolute atomic E-state index is 11.5. The molecule has 15 heavy (non-hydrogen) atoms. The van der Waals surface area contributed by atoms with Gasteiger partial charge in [0.15, 0.2) is 0 Å². The van der Waals surface area contributed by atoms with Gasteiger partial charge in [-0.15, -0.1) is 0 Å². The van der Waals surface area contributed by atoms with Crippen LogP contribution in [0.2, 0.25) is 0 Å². The van der Waals surface area contributed by atoms with Gasteiger partial charge < -0.3 is 15.8 Å². The molecule has 4 nitrogen and oxygen atoms in total. The van der Waals surface area contributed by atoms with Crippen molar-refractivity contribution in [2.75, 3.05) is 13.2 Å². The van der Waals surface area contributed by atoms with Gasteiger partial charge in [0, 0.05) is 19.2 Å². The van der Waals surface area contributed by atoms with E-state index in [2.05, 4.69) is 19.2 Å². The molecule has 0 spiro atoms. The molecule has 0 heterocycles. The topological polar surface area (TPSA) is 64.3 Å². The maximum Gasteiger partial charge on any atom is 0.249 e. The van der Waals surface area contributed by atoms with Gasteiger partial charge in [-0.2, -0.15) is 0 Å². The zero-order chi connectivity index (χ0) is 11.8. The van der Waals surface area contributed by atoms with Crippen LogP contribution in [-0.4, -0.2) is 31.2 Å². The van der Waals surface area contributed by atoms with Crippen LogP contribution >= 0.6 is 0 Å². The van der Waals surface area contributed by atoms with E-state index in [1.54, 1.807) is 6.92 Å². The molecule has 3 N–H and O–H groups in total. The third-order valence-electron chi connectivity index (χ3n) is 2.17. The van der Waals surface area contributed by atoms with Crippen LogP contribution in [0.1, 0.15) is 34.1 Å². The van der Waals surface area contributed by atoms with Crippen molar-refractivity contribution in [3.8, 4) is 0 Å². The number of carbonyl (C=O) groups is 1. The smallest absolute Gasteiger partial charge is 0.249 e. The van der Waals surface area contributed by atoms with E-state index in [0.717, 1.165) is 6.42 Å². The molecule has 0 rings (SSSR count). The Balaban J connectivity index is 3.69. The molecular formula is C11H24N2O2. The summed E-state index contributed by atoms with van der Waals surface area (Å²) in [7, 11) is 0. The molecule has 0 aliphatic rings. The molecule has 90 valence electrons. The van der Waals surface area contributed by atoms with Crippen molar-refractivity contribution in [2.45, 2.75) is 46.3 Å². The fraction of sp³-hybridized carbons (Fsp3) is 0.909. The van der Waals surface area contributed by atoms with Gasteiger partial charge in [0.05, 0.1) is 0 Å². The third kappa shape index (κ3) is 7.33. The highest BCUT2D eigenvalue weighted by atomic mass is 16.5. The second kappa shape index (κ2) is 7.65. The molecule has 4 heteroatoms. The highest BCUT2D eigenvalue weighted by molar-refractivity contribution is 5.80. The summed E-state index contributed by atoms with van der Waals surface area (Å²) in [6.45, 7) is 8.97. The van der Waals surface area contributed by atoms with Crippen molar-refractivity contribution in [2.24, 2.45) is 11.7 Å². The lowest BCUT2D eigenvalue weighted by Crippen LogP contribution is -2.43. The number of amides is 1. The van der Waals surface area contributed by atoms with Crippen LogP contribution in [0.3, 0.4) is 0 Å². The molecule has 0 aromatic heterocycles. The van der Waals surface area contributed by atoms with Gasteiger partial charge in [-0.3, -0.25) is 4.79 Å². The highest BCUT2D eigenvalue weighted by Gasteiger charge is 2.14. The Labute approximate surface area is 92.6 Å². The molecule has 2 atom stereocenters. The first-order valence-electron chi connectivity index (χ1n) is 5.59. The van der Waals surface area contributed by atoms with Crippen LogP contribution in [0.4, 0.5) is 0 Å². The average Bonchev–Trinajstić information content (AvgIpc) is 2.16. The Morgan fingerprint density at radius 1 is 1.33 bits per heavy atom. The summed E-state index contributed by atoms with van der Waals surface area (Å²) in [4.78, 5) is 11.5. The van der Waals surface area contributed by atoms with Crippen molar-refractivity contribution in [1.82, 2.24) is 5.32 Å². The van der Waals surface area contributed by atoms with Crippen molar-refractivity contribution >= 4 is 5.91 Å². The second-order valence-corrected chi connectivity index (χ2v) is 4.34. The molecule has 0 aromatic carbocycles. The molecule has 0 radical (unpaired) electrons. The number of ether oxygens (including phenoxy) is 1. The van der Waals surface area contributed by atoms with E-state index >= 15 is 0 Å². The number of hydrogen-bond acceptors (Lipinski definition) is 3. The maximum atomic E-state index is 11.5. The molecule has 1 amide bonds. The summed E-state index contributed by atoms with van der Waals surface area (Å²) >= 11 is 0. The standard InChI is InChI=1S/C11H24N2O2/c1-8(2)5-6-15-10(4)11(14)13-9(3)7-12/h8-10H,5-7,12H2,1-4H3,(H,13,14)/t9-,10?/m0/s1. The summed E-state index contributed by atoms with van der Waals surface area (Å²) in [5, 5.41) is 2.78. The third-order valence-corrected chi connectivity index (χ3v) is 2.17. The Morgan fingerprint density at radius 2 is 1.93 bits per heavy atom. The van der Waals surface area contributed by atoms with E-state index in [-0.39, 0.29) is 11.9 Å². The molecule has 0 fully saturated rings. The van der Waals surface area contributed by atoms with Crippen molar-refractivity contribution < 1.29 is 9.53 Å². The summed E-state index contributed by atoms with van der Waals surface area (Å²) in [6, 6.07) is 0.00801. The quantitative estimate of drug-likeness (QED) is 0.664. The van der Waals surface area contributed by atoms with Crippen LogP contribution in [0.15, 0.2) is 0 Å². The summed E-state index contributed by atoms with van der Waals surface area (Å²) in [5.74, 6) is 0.514. The van der Waals surface area contributed by atoms with Gasteiger partial charge >= 0.3 is 0 Å². The normalized spacial score (nSPS) is 15.1. The first-order chi connectivity index (χ1) is 6.97. The lowest BCUT2D eigenvalue weighted by Gasteiger charge is -2.17. The van der Waals surface area contributed by atoms with Gasteiger partial charge in [-0.25, -0.2) is 0 Å². The van der Waals surface area contributed by atoms with E-state index in [0.29, 0.717) is 19.1 Å². The van der Waals surface area contributed by atoms with Crippen LogP contribution in [-0.2, 0) is 9.53 Å². The van der Waals surface area contributed by atoms with Crippen molar-refractivity contribution in [3.05, 3.63) is 0 Å². The zero-order valence-corrected chi connectivity index (χ0v) is 10.2. The first kappa shape index (κ1) is 14.4. The predicted molar refractivity (Wildman–Crippen MR) is 61.5 cm³/mol. The van der Waals surface area contributed by atoms with Gasteiger partial charge in [0.2, 0.25) is 5.91 Å². The lowest BCUT2D eigenvalue weighted by molar-refractivity contribution is -0.132. The minimum absolute atomic E-state index is 0.00801.